The number of aliphatic hydroxyl groups is 1. The van der Waals surface area contributed by atoms with E-state index < -0.39 is 17.3 Å². The van der Waals surface area contributed by atoms with Gasteiger partial charge in [-0.25, -0.2) is 0 Å². The van der Waals surface area contributed by atoms with Crippen LogP contribution in [0.5, 0.6) is 5.75 Å². The third-order valence-corrected chi connectivity index (χ3v) is 3.52. The summed E-state index contributed by atoms with van der Waals surface area (Å²) < 4.78 is 45.4. The summed E-state index contributed by atoms with van der Waals surface area (Å²) in [6, 6.07) is 11.5. The van der Waals surface area contributed by atoms with E-state index in [1.165, 1.54) is 19.9 Å². The van der Waals surface area contributed by atoms with E-state index in [0.29, 0.717) is 5.56 Å². The second-order valence-electron chi connectivity index (χ2n) is 5.99. The van der Waals surface area contributed by atoms with Crippen LogP contribution < -0.4 is 4.74 Å². The molecule has 1 N–H and O–H groups in total. The van der Waals surface area contributed by atoms with Gasteiger partial charge in [0.2, 0.25) is 0 Å². The molecule has 0 atom stereocenters. The molecule has 0 saturated carbocycles. The Labute approximate surface area is 133 Å². The quantitative estimate of drug-likeness (QED) is 0.873. The SMILES string of the molecule is Cc1cc(C(C)(C)O)c(C(F)(F)F)cc1OCc1ccccc1. The van der Waals surface area contributed by atoms with Gasteiger partial charge >= 0.3 is 6.18 Å². The maximum Gasteiger partial charge on any atom is 0.416 e. The molecule has 5 heteroatoms. The summed E-state index contributed by atoms with van der Waals surface area (Å²) in [5.74, 6) is 0.161. The van der Waals surface area contributed by atoms with Gasteiger partial charge in [-0.1, -0.05) is 30.3 Å². The van der Waals surface area contributed by atoms with Gasteiger partial charge in [-0.3, -0.25) is 0 Å². The molecule has 0 heterocycles. The molecule has 0 saturated heterocycles. The largest absolute Gasteiger partial charge is 0.489 e. The Morgan fingerprint density at radius 1 is 1.00 bits per heavy atom. The number of benzene rings is 2. The zero-order valence-electron chi connectivity index (χ0n) is 13.2. The highest BCUT2D eigenvalue weighted by Gasteiger charge is 2.38. The molecule has 0 amide bonds. The molecule has 0 aliphatic carbocycles. The van der Waals surface area contributed by atoms with Gasteiger partial charge in [-0.2, -0.15) is 13.2 Å². The number of rotatable bonds is 4. The summed E-state index contributed by atoms with van der Waals surface area (Å²) in [6.45, 7) is 4.51. The number of halogens is 3. The van der Waals surface area contributed by atoms with Crippen molar-refractivity contribution in [3.05, 3.63) is 64.7 Å². The molecule has 0 spiro atoms. The molecule has 0 aliphatic heterocycles. The van der Waals surface area contributed by atoms with Gasteiger partial charge in [0.1, 0.15) is 12.4 Å². The maximum atomic E-state index is 13.3. The van der Waals surface area contributed by atoms with Crippen molar-refractivity contribution in [1.82, 2.24) is 0 Å². The van der Waals surface area contributed by atoms with Crippen LogP contribution in [-0.4, -0.2) is 5.11 Å². The molecule has 0 bridgehead atoms. The van der Waals surface area contributed by atoms with Crippen molar-refractivity contribution in [2.75, 3.05) is 0 Å². The van der Waals surface area contributed by atoms with Crippen LogP contribution in [0.4, 0.5) is 13.2 Å². The van der Waals surface area contributed by atoms with E-state index in [0.717, 1.165) is 11.6 Å². The van der Waals surface area contributed by atoms with Crippen molar-refractivity contribution in [3.63, 3.8) is 0 Å². The predicted octanol–water partition coefficient (Wildman–Crippen LogP) is 4.82. The first-order valence-electron chi connectivity index (χ1n) is 7.20. The molecule has 0 fully saturated rings. The first kappa shape index (κ1) is 17.3. The van der Waals surface area contributed by atoms with E-state index >= 15 is 0 Å². The summed E-state index contributed by atoms with van der Waals surface area (Å²) in [7, 11) is 0. The highest BCUT2D eigenvalue weighted by molar-refractivity contribution is 5.45. The molecule has 124 valence electrons. The maximum absolute atomic E-state index is 13.3. The molecular weight excluding hydrogens is 305 g/mol. The third-order valence-electron chi connectivity index (χ3n) is 3.52. The van der Waals surface area contributed by atoms with Crippen molar-refractivity contribution < 1.29 is 23.0 Å². The van der Waals surface area contributed by atoms with Crippen LogP contribution >= 0.6 is 0 Å². The van der Waals surface area contributed by atoms with Crippen molar-refractivity contribution in [2.24, 2.45) is 0 Å². The van der Waals surface area contributed by atoms with E-state index in [2.05, 4.69) is 0 Å². The van der Waals surface area contributed by atoms with E-state index in [1.807, 2.05) is 30.3 Å². The summed E-state index contributed by atoms with van der Waals surface area (Å²) in [6.07, 6.45) is -4.56. The third kappa shape index (κ3) is 4.26. The van der Waals surface area contributed by atoms with Gasteiger partial charge in [0.05, 0.1) is 11.2 Å². The number of alkyl halides is 3. The highest BCUT2D eigenvalue weighted by Crippen LogP contribution is 2.40. The van der Waals surface area contributed by atoms with E-state index in [-0.39, 0.29) is 17.9 Å². The van der Waals surface area contributed by atoms with E-state index in [9.17, 15) is 18.3 Å². The van der Waals surface area contributed by atoms with Crippen LogP contribution in [0.25, 0.3) is 0 Å². The molecule has 2 aromatic carbocycles. The molecule has 2 rings (SSSR count). The first-order valence-corrected chi connectivity index (χ1v) is 7.20. The first-order chi connectivity index (χ1) is 10.6. The molecule has 0 radical (unpaired) electrons. The summed E-state index contributed by atoms with van der Waals surface area (Å²) in [5.41, 5.74) is -1.21. The van der Waals surface area contributed by atoms with Crippen LogP contribution in [0, 0.1) is 6.92 Å². The lowest BCUT2D eigenvalue weighted by molar-refractivity contribution is -0.140. The normalized spacial score (nSPS) is 12.3. The Hall–Kier alpha value is -2.01. The van der Waals surface area contributed by atoms with E-state index in [1.54, 1.807) is 6.92 Å². The fourth-order valence-corrected chi connectivity index (χ4v) is 2.32. The zero-order valence-corrected chi connectivity index (χ0v) is 13.2. The van der Waals surface area contributed by atoms with Crippen LogP contribution in [0.1, 0.15) is 36.1 Å². The monoisotopic (exact) mass is 324 g/mol. The molecule has 0 aliphatic rings. The molecule has 0 aromatic heterocycles. The lowest BCUT2D eigenvalue weighted by Crippen LogP contribution is -2.22. The summed E-state index contributed by atoms with van der Waals surface area (Å²) in [4.78, 5) is 0. The number of ether oxygens (including phenoxy) is 1. The van der Waals surface area contributed by atoms with Crippen LogP contribution in [0.2, 0.25) is 0 Å². The Morgan fingerprint density at radius 3 is 2.13 bits per heavy atom. The number of hydrogen-bond donors (Lipinski definition) is 1. The molecular formula is C18H19F3O2. The Morgan fingerprint density at radius 2 is 1.61 bits per heavy atom. The topological polar surface area (TPSA) is 29.5 Å². The summed E-state index contributed by atoms with van der Waals surface area (Å²) in [5, 5.41) is 10.0. The number of aryl methyl sites for hydroxylation is 1. The second-order valence-corrected chi connectivity index (χ2v) is 5.99. The van der Waals surface area contributed by atoms with Crippen LogP contribution in [0.15, 0.2) is 42.5 Å². The average molecular weight is 324 g/mol. The Balaban J connectivity index is 2.38. The van der Waals surface area contributed by atoms with Gasteiger partial charge in [0.25, 0.3) is 0 Å². The second kappa shape index (κ2) is 6.24. The lowest BCUT2D eigenvalue weighted by Gasteiger charge is -2.25. The minimum absolute atomic E-state index is 0.158. The van der Waals surface area contributed by atoms with Crippen molar-refractivity contribution >= 4 is 0 Å². The smallest absolute Gasteiger partial charge is 0.416 e. The van der Waals surface area contributed by atoms with E-state index in [4.69, 9.17) is 4.74 Å². The molecule has 0 unspecified atom stereocenters. The highest BCUT2D eigenvalue weighted by atomic mass is 19.4. The molecule has 23 heavy (non-hydrogen) atoms. The summed E-state index contributed by atoms with van der Waals surface area (Å²) >= 11 is 0. The minimum atomic E-state index is -4.56. The standard InChI is InChI=1S/C18H19F3O2/c1-12-9-14(17(2,3)22)15(18(19,20)21)10-16(12)23-11-13-7-5-4-6-8-13/h4-10,22H,11H2,1-3H3. The fourth-order valence-electron chi connectivity index (χ4n) is 2.32. The van der Waals surface area contributed by atoms with Gasteiger partial charge in [-0.15, -0.1) is 0 Å². The van der Waals surface area contributed by atoms with Crippen molar-refractivity contribution in [3.8, 4) is 5.75 Å². The van der Waals surface area contributed by atoms with Crippen molar-refractivity contribution in [2.45, 2.75) is 39.2 Å². The Kier molecular flexibility index (Phi) is 4.71. The number of hydrogen-bond acceptors (Lipinski definition) is 2. The minimum Gasteiger partial charge on any atom is -0.489 e. The lowest BCUT2D eigenvalue weighted by atomic mass is 9.91. The van der Waals surface area contributed by atoms with Gasteiger partial charge in [0.15, 0.2) is 0 Å². The molecule has 2 aromatic rings. The van der Waals surface area contributed by atoms with Crippen LogP contribution in [-0.2, 0) is 18.4 Å². The van der Waals surface area contributed by atoms with Gasteiger partial charge in [0, 0.05) is 0 Å². The molecule has 2 nitrogen and oxygen atoms in total. The Bertz CT molecular complexity index is 671. The van der Waals surface area contributed by atoms with Crippen LogP contribution in [0.3, 0.4) is 0 Å². The average Bonchev–Trinajstić information content (AvgIpc) is 2.44. The zero-order chi connectivity index (χ0) is 17.3. The van der Waals surface area contributed by atoms with Gasteiger partial charge in [-0.05, 0) is 49.6 Å². The van der Waals surface area contributed by atoms with Gasteiger partial charge < -0.3 is 9.84 Å². The fraction of sp³-hybridized carbons (Fsp3) is 0.333. The van der Waals surface area contributed by atoms with Crippen molar-refractivity contribution in [1.29, 1.82) is 0 Å². The predicted molar refractivity (Wildman–Crippen MR) is 82.2 cm³/mol.